The summed E-state index contributed by atoms with van der Waals surface area (Å²) in [6, 6.07) is -20.4. The zero-order valence-corrected chi connectivity index (χ0v) is 20.0. The van der Waals surface area contributed by atoms with Crippen molar-refractivity contribution in [2.45, 2.75) is 55.9 Å². The van der Waals surface area contributed by atoms with Crippen LogP contribution in [0, 0.1) is 0 Å². The standard InChI is InChI=1S/C12H6F24N3O4P/c13-4(14,37(7(19,20)21)8(22,23)24)1-41-44(40,42-2-5(15,16)38(9(25,26)27)10(28,29)30)43-3-6(17,18)39(11(31,32)33)12(34,35)36/h1-3H2. The Morgan fingerprint density at radius 1 is 0.341 bits per heavy atom. The van der Waals surface area contributed by atoms with Crippen LogP contribution >= 0.6 is 7.82 Å². The Balaban J connectivity index is 6.70. The molecule has 0 bridgehead atoms. The van der Waals surface area contributed by atoms with Gasteiger partial charge in [0.25, 0.3) is 0 Å². The first-order chi connectivity index (χ1) is 18.7. The predicted octanol–water partition coefficient (Wildman–Crippen LogP) is 7.95. The average molecular weight is 743 g/mol. The number of phosphoric ester groups is 1. The van der Waals surface area contributed by atoms with E-state index in [1.807, 2.05) is 0 Å². The molecule has 0 unspecified atom stereocenters. The van der Waals surface area contributed by atoms with Crippen molar-refractivity contribution in [1.82, 2.24) is 14.7 Å². The fourth-order valence-electron chi connectivity index (χ4n) is 2.32. The Bertz CT molecular complexity index is 830. The van der Waals surface area contributed by atoms with E-state index in [4.69, 9.17) is 0 Å². The maximum atomic E-state index is 13.7. The van der Waals surface area contributed by atoms with Crippen LogP contribution in [0.25, 0.3) is 0 Å². The quantitative estimate of drug-likeness (QED) is 0.114. The summed E-state index contributed by atoms with van der Waals surface area (Å²) in [5, 5.41) is 0. The monoisotopic (exact) mass is 743 g/mol. The Morgan fingerprint density at radius 3 is 0.591 bits per heavy atom. The molecule has 0 atom stereocenters. The minimum Gasteiger partial charge on any atom is -0.279 e. The molecule has 0 aliphatic rings. The first-order valence-corrected chi connectivity index (χ1v) is 10.7. The van der Waals surface area contributed by atoms with Crippen LogP contribution in [0.3, 0.4) is 0 Å². The number of halogens is 24. The van der Waals surface area contributed by atoms with Gasteiger partial charge in [-0.1, -0.05) is 14.7 Å². The van der Waals surface area contributed by atoms with Gasteiger partial charge in [0.1, 0.15) is 19.8 Å². The number of phosphoric acid groups is 1. The van der Waals surface area contributed by atoms with E-state index >= 15 is 0 Å². The second kappa shape index (κ2) is 12.5. The van der Waals surface area contributed by atoms with Crippen molar-refractivity contribution in [1.29, 1.82) is 0 Å². The maximum Gasteiger partial charge on any atom is 0.475 e. The van der Waals surface area contributed by atoms with E-state index in [0.717, 1.165) is 0 Å². The molecule has 0 N–H and O–H groups in total. The van der Waals surface area contributed by atoms with Gasteiger partial charge in [-0.25, -0.2) is 4.57 Å². The summed E-state index contributed by atoms with van der Waals surface area (Å²) in [6.45, 7) is -11.9. The average Bonchev–Trinajstić information content (AvgIpc) is 2.61. The van der Waals surface area contributed by atoms with E-state index in [9.17, 15) is 110 Å². The summed E-state index contributed by atoms with van der Waals surface area (Å²) in [4.78, 5) is -11.4. The smallest absolute Gasteiger partial charge is 0.279 e. The summed E-state index contributed by atoms with van der Waals surface area (Å²) < 4.78 is 327. The molecule has 32 heteroatoms. The molecule has 0 saturated carbocycles. The highest BCUT2D eigenvalue weighted by molar-refractivity contribution is 7.48. The third-order valence-electron chi connectivity index (χ3n) is 3.69. The minimum absolute atomic E-state index is 2.85. The normalized spacial score (nSPS) is 16.1. The number of hydrogen-bond donors (Lipinski definition) is 0. The lowest BCUT2D eigenvalue weighted by molar-refractivity contribution is -0.442. The number of nitrogens with zero attached hydrogens (tertiary/aromatic N) is 3. The second-order valence-corrected chi connectivity index (χ2v) is 8.75. The van der Waals surface area contributed by atoms with E-state index in [-0.39, 0.29) is 0 Å². The van der Waals surface area contributed by atoms with E-state index in [0.29, 0.717) is 0 Å². The van der Waals surface area contributed by atoms with Gasteiger partial charge in [-0.05, 0) is 0 Å². The van der Waals surface area contributed by atoms with Gasteiger partial charge in [-0.15, -0.1) is 0 Å². The summed E-state index contributed by atoms with van der Waals surface area (Å²) >= 11 is 0. The Hall–Kier alpha value is -1.69. The molecule has 0 aliphatic heterocycles. The van der Waals surface area contributed by atoms with Gasteiger partial charge >= 0.3 is 63.8 Å². The Morgan fingerprint density at radius 2 is 0.477 bits per heavy atom. The molecule has 7 nitrogen and oxygen atoms in total. The third-order valence-corrected chi connectivity index (χ3v) is 5.03. The van der Waals surface area contributed by atoms with Crippen molar-refractivity contribution in [3.63, 3.8) is 0 Å². The molecule has 266 valence electrons. The van der Waals surface area contributed by atoms with Gasteiger partial charge in [-0.2, -0.15) is 105 Å². The van der Waals surface area contributed by atoms with Crippen LogP contribution in [0.1, 0.15) is 0 Å². The highest BCUT2D eigenvalue weighted by atomic mass is 31.2. The zero-order valence-electron chi connectivity index (χ0n) is 19.1. The topological polar surface area (TPSA) is 54.5 Å². The van der Waals surface area contributed by atoms with Crippen LogP contribution in [0.4, 0.5) is 105 Å². The summed E-state index contributed by atoms with van der Waals surface area (Å²) in [6.07, 6.45) is -43.6. The summed E-state index contributed by atoms with van der Waals surface area (Å²) in [5.74, 6) is 0. The second-order valence-electron chi connectivity index (χ2n) is 7.08. The molecule has 0 aromatic carbocycles. The van der Waals surface area contributed by atoms with Gasteiger partial charge in [0, 0.05) is 0 Å². The summed E-state index contributed by atoms with van der Waals surface area (Å²) in [5.41, 5.74) is 0. The van der Waals surface area contributed by atoms with Crippen LogP contribution in [0.5, 0.6) is 0 Å². The largest absolute Gasteiger partial charge is 0.475 e. The first kappa shape index (κ1) is 42.3. The van der Waals surface area contributed by atoms with Crippen molar-refractivity contribution in [2.24, 2.45) is 0 Å². The number of alkyl halides is 24. The molecule has 0 spiro atoms. The van der Waals surface area contributed by atoms with Crippen LogP contribution in [0.15, 0.2) is 0 Å². The molecule has 0 saturated heterocycles. The van der Waals surface area contributed by atoms with E-state index in [2.05, 4.69) is 13.6 Å². The third kappa shape index (κ3) is 11.6. The van der Waals surface area contributed by atoms with Crippen molar-refractivity contribution in [3.05, 3.63) is 0 Å². The molecular formula is C12H6F24N3O4P. The minimum atomic E-state index is -7.67. The van der Waals surface area contributed by atoms with Crippen molar-refractivity contribution in [2.75, 3.05) is 19.8 Å². The maximum absolute atomic E-state index is 13.7. The van der Waals surface area contributed by atoms with Gasteiger partial charge in [0.15, 0.2) is 0 Å². The molecule has 44 heavy (non-hydrogen) atoms. The lowest BCUT2D eigenvalue weighted by atomic mass is 10.5. The molecule has 0 radical (unpaired) electrons. The molecule has 0 aromatic rings. The fourth-order valence-corrected chi connectivity index (χ4v) is 3.48. The van der Waals surface area contributed by atoms with E-state index in [1.54, 1.807) is 0 Å². The fraction of sp³-hybridized carbons (Fsp3) is 1.00. The molecule has 0 fully saturated rings. The van der Waals surface area contributed by atoms with E-state index < -0.39 is 98.3 Å². The van der Waals surface area contributed by atoms with Crippen molar-refractivity contribution >= 4 is 7.82 Å². The Kier molecular flexibility index (Phi) is 12.0. The molecule has 0 heterocycles. The number of rotatable bonds is 12. The molecule has 0 amide bonds. The Labute approximate surface area is 223 Å². The van der Waals surface area contributed by atoms with E-state index in [1.165, 1.54) is 0 Å². The zero-order chi connectivity index (χ0) is 36.0. The van der Waals surface area contributed by atoms with Gasteiger partial charge in [-0.3, -0.25) is 13.6 Å². The molecular weight excluding hydrogens is 737 g/mol. The molecule has 0 aliphatic carbocycles. The van der Waals surface area contributed by atoms with Crippen molar-refractivity contribution < 1.29 is 124 Å². The number of hydrogen-bond acceptors (Lipinski definition) is 7. The van der Waals surface area contributed by atoms with Gasteiger partial charge in [0.05, 0.1) is 0 Å². The summed E-state index contributed by atoms with van der Waals surface area (Å²) in [7, 11) is -7.67. The molecule has 0 rings (SSSR count). The molecule has 0 aromatic heterocycles. The highest BCUT2D eigenvalue weighted by Gasteiger charge is 2.69. The predicted molar refractivity (Wildman–Crippen MR) is 82.2 cm³/mol. The highest BCUT2D eigenvalue weighted by Crippen LogP contribution is 2.55. The van der Waals surface area contributed by atoms with Crippen LogP contribution in [-0.2, 0) is 18.1 Å². The first-order valence-electron chi connectivity index (χ1n) is 9.21. The van der Waals surface area contributed by atoms with Crippen LogP contribution in [-0.4, -0.2) is 90.5 Å². The lowest BCUT2D eigenvalue weighted by Crippen LogP contribution is -2.60. The van der Waals surface area contributed by atoms with Crippen LogP contribution < -0.4 is 0 Å². The lowest BCUT2D eigenvalue weighted by Gasteiger charge is -2.35. The van der Waals surface area contributed by atoms with Gasteiger partial charge in [0.2, 0.25) is 0 Å². The van der Waals surface area contributed by atoms with Crippen molar-refractivity contribution in [3.8, 4) is 0 Å². The SMILES string of the molecule is O=P(OCC(F)(F)N(C(F)(F)F)C(F)(F)F)(OCC(F)(F)N(C(F)(F)F)C(F)(F)F)OCC(F)(F)N(C(F)(F)F)C(F)(F)F. The van der Waals surface area contributed by atoms with Gasteiger partial charge < -0.3 is 0 Å². The van der Waals surface area contributed by atoms with Crippen LogP contribution in [0.2, 0.25) is 0 Å².